The highest BCUT2D eigenvalue weighted by Gasteiger charge is 2.06. The van der Waals surface area contributed by atoms with E-state index in [1.165, 1.54) is 13.1 Å². The highest BCUT2D eigenvalue weighted by molar-refractivity contribution is 5.33. The van der Waals surface area contributed by atoms with E-state index in [4.69, 9.17) is 10.3 Å². The van der Waals surface area contributed by atoms with Crippen LogP contribution in [0.5, 0.6) is 5.75 Å². The normalized spacial score (nSPS) is 10.7. The lowest BCUT2D eigenvalue weighted by molar-refractivity contribution is -0.0736. The average molecular weight is 171 g/mol. The Morgan fingerprint density at radius 2 is 2.17 bits per heavy atom. The quantitative estimate of drug-likeness (QED) is 0.660. The van der Waals surface area contributed by atoms with Crippen molar-refractivity contribution in [1.29, 1.82) is 0 Å². The van der Waals surface area contributed by atoms with E-state index >= 15 is 0 Å². The largest absolute Gasteiger partial charge is 0.505 e. The van der Waals surface area contributed by atoms with Crippen molar-refractivity contribution >= 4 is 0 Å². The van der Waals surface area contributed by atoms with Crippen molar-refractivity contribution in [2.45, 2.75) is 6.54 Å². The number of hydroxylamine groups is 2. The standard InChI is InChI=1S/C8H10FNO2/c1-10(12)5-6-3-2-4-7(9)8(6)11/h2-4,11-12H,5H2,1H3. The molecule has 3 nitrogen and oxygen atoms in total. The second kappa shape index (κ2) is 3.51. The molecule has 0 aliphatic heterocycles. The van der Waals surface area contributed by atoms with Gasteiger partial charge in [0, 0.05) is 12.6 Å². The fourth-order valence-electron chi connectivity index (χ4n) is 0.934. The molecule has 0 atom stereocenters. The molecule has 0 amide bonds. The molecular weight excluding hydrogens is 161 g/mol. The summed E-state index contributed by atoms with van der Waals surface area (Å²) in [6.07, 6.45) is 0. The molecule has 1 aromatic rings. The van der Waals surface area contributed by atoms with Crippen LogP contribution >= 0.6 is 0 Å². The zero-order valence-electron chi connectivity index (χ0n) is 6.66. The summed E-state index contributed by atoms with van der Waals surface area (Å²) in [7, 11) is 1.42. The number of hydrogen-bond donors (Lipinski definition) is 2. The Hall–Kier alpha value is -1.13. The van der Waals surface area contributed by atoms with Gasteiger partial charge in [0.2, 0.25) is 0 Å². The van der Waals surface area contributed by atoms with Gasteiger partial charge in [-0.3, -0.25) is 0 Å². The van der Waals surface area contributed by atoms with E-state index in [0.29, 0.717) is 5.56 Å². The summed E-state index contributed by atoms with van der Waals surface area (Å²) in [6, 6.07) is 4.19. The fourth-order valence-corrected chi connectivity index (χ4v) is 0.934. The Balaban J connectivity index is 2.92. The number of aromatic hydroxyl groups is 1. The SMILES string of the molecule is CN(O)Cc1cccc(F)c1O. The van der Waals surface area contributed by atoms with E-state index in [-0.39, 0.29) is 6.54 Å². The topological polar surface area (TPSA) is 43.7 Å². The zero-order valence-corrected chi connectivity index (χ0v) is 6.66. The van der Waals surface area contributed by atoms with Gasteiger partial charge >= 0.3 is 0 Å². The van der Waals surface area contributed by atoms with Crippen LogP contribution in [0.1, 0.15) is 5.56 Å². The molecule has 1 rings (SSSR count). The third kappa shape index (κ3) is 1.93. The van der Waals surface area contributed by atoms with Crippen molar-refractivity contribution in [3.05, 3.63) is 29.6 Å². The third-order valence-corrected chi connectivity index (χ3v) is 1.47. The molecule has 0 saturated carbocycles. The fraction of sp³-hybridized carbons (Fsp3) is 0.250. The van der Waals surface area contributed by atoms with Crippen LogP contribution in [0.25, 0.3) is 0 Å². The Morgan fingerprint density at radius 3 is 2.75 bits per heavy atom. The zero-order chi connectivity index (χ0) is 9.14. The van der Waals surface area contributed by atoms with E-state index in [0.717, 1.165) is 11.1 Å². The second-order valence-electron chi connectivity index (χ2n) is 2.56. The van der Waals surface area contributed by atoms with Crippen LogP contribution in [0.2, 0.25) is 0 Å². The Bertz CT molecular complexity index is 276. The van der Waals surface area contributed by atoms with E-state index < -0.39 is 11.6 Å². The summed E-state index contributed by atoms with van der Waals surface area (Å²) in [5, 5.41) is 18.8. The van der Waals surface area contributed by atoms with Crippen LogP contribution in [-0.2, 0) is 6.54 Å². The maximum Gasteiger partial charge on any atom is 0.165 e. The number of halogens is 1. The Labute approximate surface area is 69.6 Å². The summed E-state index contributed by atoms with van der Waals surface area (Å²) in [4.78, 5) is 0. The molecule has 66 valence electrons. The van der Waals surface area contributed by atoms with Crippen molar-refractivity contribution in [2.24, 2.45) is 0 Å². The maximum atomic E-state index is 12.7. The van der Waals surface area contributed by atoms with Crippen molar-refractivity contribution in [2.75, 3.05) is 7.05 Å². The number of phenolic OH excluding ortho intramolecular Hbond substituents is 1. The van der Waals surface area contributed by atoms with Crippen molar-refractivity contribution in [1.82, 2.24) is 5.06 Å². The molecule has 12 heavy (non-hydrogen) atoms. The molecule has 0 radical (unpaired) electrons. The van der Waals surface area contributed by atoms with E-state index in [9.17, 15) is 4.39 Å². The first-order valence-corrected chi connectivity index (χ1v) is 3.47. The molecule has 0 heterocycles. The minimum Gasteiger partial charge on any atom is -0.505 e. The van der Waals surface area contributed by atoms with E-state index in [2.05, 4.69) is 0 Å². The van der Waals surface area contributed by atoms with Crippen molar-refractivity contribution in [3.63, 3.8) is 0 Å². The summed E-state index contributed by atoms with van der Waals surface area (Å²) in [5.41, 5.74) is 0.361. The Morgan fingerprint density at radius 1 is 1.50 bits per heavy atom. The van der Waals surface area contributed by atoms with Gasteiger partial charge in [-0.2, -0.15) is 5.06 Å². The molecule has 0 unspecified atom stereocenters. The van der Waals surface area contributed by atoms with E-state index in [1.54, 1.807) is 6.07 Å². The molecule has 1 aromatic carbocycles. The van der Waals surface area contributed by atoms with Crippen LogP contribution in [0.4, 0.5) is 4.39 Å². The number of rotatable bonds is 2. The van der Waals surface area contributed by atoms with Gasteiger partial charge in [0.05, 0.1) is 6.54 Å². The van der Waals surface area contributed by atoms with Crippen LogP contribution in [0, 0.1) is 5.82 Å². The first kappa shape index (κ1) is 8.96. The summed E-state index contributed by atoms with van der Waals surface area (Å²) in [5.74, 6) is -1.08. The summed E-state index contributed by atoms with van der Waals surface area (Å²) < 4.78 is 12.7. The van der Waals surface area contributed by atoms with Gasteiger partial charge in [-0.1, -0.05) is 12.1 Å². The summed E-state index contributed by atoms with van der Waals surface area (Å²) in [6.45, 7) is 0.101. The highest BCUT2D eigenvalue weighted by atomic mass is 19.1. The minimum atomic E-state index is -0.672. The molecule has 0 saturated heterocycles. The molecule has 0 aliphatic rings. The molecule has 0 aliphatic carbocycles. The monoisotopic (exact) mass is 171 g/mol. The second-order valence-corrected chi connectivity index (χ2v) is 2.56. The van der Waals surface area contributed by atoms with Crippen LogP contribution in [-0.4, -0.2) is 22.4 Å². The van der Waals surface area contributed by atoms with Gasteiger partial charge in [0.1, 0.15) is 0 Å². The predicted octanol–water partition coefficient (Wildman–Crippen LogP) is 1.35. The number of benzene rings is 1. The molecular formula is C8H10FNO2. The summed E-state index contributed by atoms with van der Waals surface area (Å²) >= 11 is 0. The minimum absolute atomic E-state index is 0.101. The first-order chi connectivity index (χ1) is 5.61. The number of phenols is 1. The molecule has 0 bridgehead atoms. The van der Waals surface area contributed by atoms with Crippen molar-refractivity contribution < 1.29 is 14.7 Å². The van der Waals surface area contributed by atoms with Crippen molar-refractivity contribution in [3.8, 4) is 5.75 Å². The van der Waals surface area contributed by atoms with Gasteiger partial charge in [-0.25, -0.2) is 4.39 Å². The van der Waals surface area contributed by atoms with E-state index in [1.807, 2.05) is 0 Å². The van der Waals surface area contributed by atoms with Gasteiger partial charge in [-0.15, -0.1) is 0 Å². The Kier molecular flexibility index (Phi) is 2.62. The van der Waals surface area contributed by atoms with Crippen LogP contribution in [0.15, 0.2) is 18.2 Å². The van der Waals surface area contributed by atoms with Gasteiger partial charge in [-0.05, 0) is 6.07 Å². The van der Waals surface area contributed by atoms with Crippen LogP contribution < -0.4 is 0 Å². The van der Waals surface area contributed by atoms with Gasteiger partial charge in [0.15, 0.2) is 11.6 Å². The average Bonchev–Trinajstić information content (AvgIpc) is 1.98. The maximum absolute atomic E-state index is 12.7. The van der Waals surface area contributed by atoms with Gasteiger partial charge in [0.25, 0.3) is 0 Å². The van der Waals surface area contributed by atoms with Crippen LogP contribution in [0.3, 0.4) is 0 Å². The number of hydrogen-bond acceptors (Lipinski definition) is 3. The number of nitrogens with zero attached hydrogens (tertiary/aromatic N) is 1. The smallest absolute Gasteiger partial charge is 0.165 e. The molecule has 0 fully saturated rings. The molecule has 0 spiro atoms. The molecule has 0 aromatic heterocycles. The number of para-hydroxylation sites is 1. The lowest BCUT2D eigenvalue weighted by Gasteiger charge is -2.09. The third-order valence-electron chi connectivity index (χ3n) is 1.47. The highest BCUT2D eigenvalue weighted by Crippen LogP contribution is 2.21. The molecule has 4 heteroatoms. The molecule has 2 N–H and O–H groups in total. The predicted molar refractivity (Wildman–Crippen MR) is 41.3 cm³/mol. The van der Waals surface area contributed by atoms with Gasteiger partial charge < -0.3 is 10.3 Å². The lowest BCUT2D eigenvalue weighted by Crippen LogP contribution is -2.11. The first-order valence-electron chi connectivity index (χ1n) is 3.47. The lowest BCUT2D eigenvalue weighted by atomic mass is 10.2.